The third-order valence-electron chi connectivity index (χ3n) is 2.16. The highest BCUT2D eigenvalue weighted by molar-refractivity contribution is 14.1. The molecule has 0 saturated heterocycles. The SMILES string of the molecule is O=C(Nc1ccc(Cl)nc1)c1cc(I)ccc1Br. The van der Waals surface area contributed by atoms with Gasteiger partial charge in [-0.05, 0) is 68.9 Å². The second-order valence-corrected chi connectivity index (χ2v) is 5.94. The van der Waals surface area contributed by atoms with Gasteiger partial charge in [0.05, 0.1) is 17.4 Å². The van der Waals surface area contributed by atoms with E-state index in [0.29, 0.717) is 16.4 Å². The summed E-state index contributed by atoms with van der Waals surface area (Å²) >= 11 is 11.2. The molecule has 0 atom stereocenters. The van der Waals surface area contributed by atoms with Crippen molar-refractivity contribution in [1.29, 1.82) is 0 Å². The summed E-state index contributed by atoms with van der Waals surface area (Å²) in [6.45, 7) is 0. The van der Waals surface area contributed by atoms with Gasteiger partial charge in [-0.1, -0.05) is 11.6 Å². The number of aromatic nitrogens is 1. The van der Waals surface area contributed by atoms with E-state index in [4.69, 9.17) is 11.6 Å². The monoisotopic (exact) mass is 436 g/mol. The molecule has 6 heteroatoms. The maximum Gasteiger partial charge on any atom is 0.256 e. The summed E-state index contributed by atoms with van der Waals surface area (Å²) in [5.41, 5.74) is 1.19. The predicted molar refractivity (Wildman–Crippen MR) is 84.1 cm³/mol. The van der Waals surface area contributed by atoms with Crippen molar-refractivity contribution in [3.05, 3.63) is 55.3 Å². The molecule has 92 valence electrons. The van der Waals surface area contributed by atoms with Gasteiger partial charge in [0.1, 0.15) is 5.15 Å². The van der Waals surface area contributed by atoms with Crippen LogP contribution in [0.3, 0.4) is 0 Å². The normalized spacial score (nSPS) is 10.2. The van der Waals surface area contributed by atoms with Crippen LogP contribution in [0, 0.1) is 3.57 Å². The lowest BCUT2D eigenvalue weighted by Crippen LogP contribution is -2.12. The molecule has 1 N–H and O–H groups in total. The molecule has 18 heavy (non-hydrogen) atoms. The van der Waals surface area contributed by atoms with E-state index >= 15 is 0 Å². The van der Waals surface area contributed by atoms with Crippen molar-refractivity contribution in [1.82, 2.24) is 4.98 Å². The van der Waals surface area contributed by atoms with Crippen molar-refractivity contribution in [3.8, 4) is 0 Å². The van der Waals surface area contributed by atoms with Gasteiger partial charge in [0.2, 0.25) is 0 Å². The standard InChI is InChI=1S/C12H7BrClIN2O/c13-10-3-1-7(15)5-9(10)12(18)17-8-2-4-11(14)16-6-8/h1-6H,(H,17,18). The molecule has 1 aromatic heterocycles. The van der Waals surface area contributed by atoms with E-state index in [1.807, 2.05) is 18.2 Å². The summed E-state index contributed by atoms with van der Waals surface area (Å²) in [7, 11) is 0. The predicted octanol–water partition coefficient (Wildman–Crippen LogP) is 4.35. The molecule has 0 aliphatic heterocycles. The van der Waals surface area contributed by atoms with Crippen LogP contribution in [0.2, 0.25) is 5.15 Å². The molecule has 0 radical (unpaired) electrons. The van der Waals surface area contributed by atoms with E-state index in [9.17, 15) is 4.79 Å². The summed E-state index contributed by atoms with van der Waals surface area (Å²) < 4.78 is 1.75. The Morgan fingerprint density at radius 1 is 1.33 bits per heavy atom. The number of rotatable bonds is 2. The number of hydrogen-bond donors (Lipinski definition) is 1. The van der Waals surface area contributed by atoms with Gasteiger partial charge in [-0.15, -0.1) is 0 Å². The van der Waals surface area contributed by atoms with Crippen LogP contribution in [0.5, 0.6) is 0 Å². The van der Waals surface area contributed by atoms with E-state index in [1.54, 1.807) is 12.1 Å². The molecule has 0 aliphatic rings. The molecule has 0 fully saturated rings. The van der Waals surface area contributed by atoms with Crippen molar-refractivity contribution in [2.75, 3.05) is 5.32 Å². The average Bonchev–Trinajstić information content (AvgIpc) is 2.35. The summed E-state index contributed by atoms with van der Waals surface area (Å²) in [4.78, 5) is 16.0. The Morgan fingerprint density at radius 2 is 2.11 bits per heavy atom. The van der Waals surface area contributed by atoms with Crippen LogP contribution in [0.1, 0.15) is 10.4 Å². The first kappa shape index (κ1) is 13.8. The Morgan fingerprint density at radius 3 is 2.78 bits per heavy atom. The van der Waals surface area contributed by atoms with Gasteiger partial charge in [0.15, 0.2) is 0 Å². The van der Waals surface area contributed by atoms with Crippen molar-refractivity contribution < 1.29 is 4.79 Å². The van der Waals surface area contributed by atoms with Gasteiger partial charge in [-0.25, -0.2) is 4.98 Å². The van der Waals surface area contributed by atoms with Crippen molar-refractivity contribution in [2.45, 2.75) is 0 Å². The lowest BCUT2D eigenvalue weighted by molar-refractivity contribution is 0.102. The van der Waals surface area contributed by atoms with Gasteiger partial charge < -0.3 is 5.32 Å². The fraction of sp³-hybridized carbons (Fsp3) is 0. The fourth-order valence-electron chi connectivity index (χ4n) is 1.32. The Labute approximate surface area is 131 Å². The lowest BCUT2D eigenvalue weighted by atomic mass is 10.2. The molecule has 0 aliphatic carbocycles. The molecular formula is C12H7BrClIN2O. The summed E-state index contributed by atoms with van der Waals surface area (Å²) in [6, 6.07) is 8.90. The van der Waals surface area contributed by atoms with Crippen molar-refractivity contribution in [3.63, 3.8) is 0 Å². The Kier molecular flexibility index (Phi) is 4.58. The number of nitrogens with one attached hydrogen (secondary N) is 1. The minimum atomic E-state index is -0.190. The van der Waals surface area contributed by atoms with E-state index in [2.05, 4.69) is 48.8 Å². The zero-order chi connectivity index (χ0) is 13.1. The zero-order valence-corrected chi connectivity index (χ0v) is 13.5. The largest absolute Gasteiger partial charge is 0.321 e. The summed E-state index contributed by atoms with van der Waals surface area (Å²) in [5, 5.41) is 3.15. The van der Waals surface area contributed by atoms with Crippen LogP contribution in [0.25, 0.3) is 0 Å². The summed E-state index contributed by atoms with van der Waals surface area (Å²) in [6.07, 6.45) is 1.52. The van der Waals surface area contributed by atoms with Gasteiger partial charge in [-0.2, -0.15) is 0 Å². The molecule has 0 saturated carbocycles. The van der Waals surface area contributed by atoms with Gasteiger partial charge in [-0.3, -0.25) is 4.79 Å². The van der Waals surface area contributed by atoms with Gasteiger partial charge in [0, 0.05) is 8.04 Å². The number of anilines is 1. The highest BCUT2D eigenvalue weighted by Crippen LogP contribution is 2.21. The molecule has 3 nitrogen and oxygen atoms in total. The van der Waals surface area contributed by atoms with Crippen LogP contribution in [0.15, 0.2) is 41.0 Å². The van der Waals surface area contributed by atoms with E-state index in [1.165, 1.54) is 6.20 Å². The molecule has 0 bridgehead atoms. The Hall–Kier alpha value is -0.660. The van der Waals surface area contributed by atoms with Crippen LogP contribution in [-0.4, -0.2) is 10.9 Å². The molecule has 2 rings (SSSR count). The third kappa shape index (κ3) is 3.43. The highest BCUT2D eigenvalue weighted by Gasteiger charge is 2.10. The smallest absolute Gasteiger partial charge is 0.256 e. The maximum absolute atomic E-state index is 12.1. The fourth-order valence-corrected chi connectivity index (χ4v) is 2.35. The molecule has 0 unspecified atom stereocenters. The van der Waals surface area contributed by atoms with Crippen LogP contribution >= 0.6 is 50.1 Å². The minimum Gasteiger partial charge on any atom is -0.321 e. The third-order valence-corrected chi connectivity index (χ3v) is 3.74. The maximum atomic E-state index is 12.1. The van der Waals surface area contributed by atoms with E-state index in [-0.39, 0.29) is 5.91 Å². The molecular weight excluding hydrogens is 430 g/mol. The minimum absolute atomic E-state index is 0.190. The molecule has 1 amide bonds. The van der Waals surface area contributed by atoms with Crippen LogP contribution in [-0.2, 0) is 0 Å². The zero-order valence-electron chi connectivity index (χ0n) is 8.95. The highest BCUT2D eigenvalue weighted by atomic mass is 127. The number of halogens is 3. The Bertz CT molecular complexity index is 589. The van der Waals surface area contributed by atoms with Crippen molar-refractivity contribution in [2.24, 2.45) is 0 Å². The second kappa shape index (κ2) is 5.99. The first-order valence-electron chi connectivity index (χ1n) is 4.94. The average molecular weight is 437 g/mol. The number of amides is 1. The number of benzene rings is 1. The van der Waals surface area contributed by atoms with Gasteiger partial charge >= 0.3 is 0 Å². The lowest BCUT2D eigenvalue weighted by Gasteiger charge is -2.07. The van der Waals surface area contributed by atoms with Gasteiger partial charge in [0.25, 0.3) is 5.91 Å². The number of pyridine rings is 1. The van der Waals surface area contributed by atoms with Crippen LogP contribution in [0.4, 0.5) is 5.69 Å². The number of carbonyl (C=O) groups is 1. The number of hydrogen-bond acceptors (Lipinski definition) is 2. The topological polar surface area (TPSA) is 42.0 Å². The molecule has 2 aromatic rings. The van der Waals surface area contributed by atoms with Crippen LogP contribution < -0.4 is 5.32 Å². The second-order valence-electron chi connectivity index (χ2n) is 3.45. The first-order chi connectivity index (χ1) is 8.56. The first-order valence-corrected chi connectivity index (χ1v) is 7.19. The van der Waals surface area contributed by atoms with E-state index in [0.717, 1.165) is 8.04 Å². The van der Waals surface area contributed by atoms with E-state index < -0.39 is 0 Å². The number of carbonyl (C=O) groups excluding carboxylic acids is 1. The molecule has 0 spiro atoms. The molecule has 1 heterocycles. The van der Waals surface area contributed by atoms with Crippen molar-refractivity contribution >= 4 is 61.7 Å². The summed E-state index contributed by atoms with van der Waals surface area (Å²) in [5.74, 6) is -0.190. The molecule has 1 aromatic carbocycles. The quantitative estimate of drug-likeness (QED) is 0.561. The Balaban J connectivity index is 2.21. The number of nitrogens with zero attached hydrogens (tertiary/aromatic N) is 1.